The molecule has 1 aliphatic heterocycles. The van der Waals surface area contributed by atoms with Gasteiger partial charge >= 0.3 is 6.09 Å². The Hall–Kier alpha value is -3.60. The zero-order valence-corrected chi connectivity index (χ0v) is 15.2. The van der Waals surface area contributed by atoms with Crippen molar-refractivity contribution in [3.63, 3.8) is 0 Å². The van der Waals surface area contributed by atoms with Crippen molar-refractivity contribution in [1.29, 1.82) is 0 Å². The molecule has 0 radical (unpaired) electrons. The maximum atomic E-state index is 12.7. The van der Waals surface area contributed by atoms with E-state index in [9.17, 15) is 9.59 Å². The number of anilines is 1. The number of nitrogens with zero attached hydrogens (tertiary/aromatic N) is 1. The Balaban J connectivity index is 1.55. The van der Waals surface area contributed by atoms with Gasteiger partial charge in [0.05, 0.1) is 5.69 Å². The van der Waals surface area contributed by atoms with E-state index < -0.39 is 6.09 Å². The first kappa shape index (κ1) is 17.8. The van der Waals surface area contributed by atoms with Gasteiger partial charge in [-0.15, -0.1) is 0 Å². The predicted octanol–water partition coefficient (Wildman–Crippen LogP) is 5.21. The zero-order valence-electron chi connectivity index (χ0n) is 15.2. The van der Waals surface area contributed by atoms with E-state index in [0.29, 0.717) is 22.7 Å². The van der Waals surface area contributed by atoms with Crippen LogP contribution in [0.1, 0.15) is 22.3 Å². The maximum Gasteiger partial charge on any atom is 0.414 e. The van der Waals surface area contributed by atoms with E-state index in [1.165, 1.54) is 4.90 Å². The molecule has 0 fully saturated rings. The number of Topliss-reactive ketones (excluding diaryl/α,β-unsaturated/α-hetero) is 1. The van der Waals surface area contributed by atoms with Crippen LogP contribution in [-0.2, 0) is 11.3 Å². The third-order valence-electron chi connectivity index (χ3n) is 4.53. The SMILES string of the molecule is O=C1CCN(C(=O)OCc2ccccc2)c2cc(Oc3ccccc3)ccc21. The number of ketones is 1. The van der Waals surface area contributed by atoms with Gasteiger partial charge in [-0.2, -0.15) is 0 Å². The first-order valence-electron chi connectivity index (χ1n) is 9.09. The van der Waals surface area contributed by atoms with Crippen LogP contribution in [0.2, 0.25) is 0 Å². The summed E-state index contributed by atoms with van der Waals surface area (Å²) in [6, 6.07) is 24.0. The number of carbonyl (C=O) groups is 2. The standard InChI is InChI=1S/C23H19NO4/c25-22-13-14-24(23(26)27-16-17-7-3-1-4-8-17)21-15-19(11-12-20(21)22)28-18-9-5-2-6-10-18/h1-12,15H,13-14,16H2. The molecule has 0 bridgehead atoms. The van der Waals surface area contributed by atoms with E-state index in [1.807, 2.05) is 60.7 Å². The maximum absolute atomic E-state index is 12.7. The van der Waals surface area contributed by atoms with Gasteiger partial charge in [0.25, 0.3) is 0 Å². The molecule has 0 N–H and O–H groups in total. The van der Waals surface area contributed by atoms with E-state index >= 15 is 0 Å². The average Bonchev–Trinajstić information content (AvgIpc) is 2.74. The Kier molecular flexibility index (Phi) is 5.06. The normalized spacial score (nSPS) is 13.0. The van der Waals surface area contributed by atoms with E-state index in [2.05, 4.69) is 0 Å². The van der Waals surface area contributed by atoms with Crippen LogP contribution in [0.15, 0.2) is 78.9 Å². The van der Waals surface area contributed by atoms with E-state index in [0.717, 1.165) is 5.56 Å². The van der Waals surface area contributed by atoms with Gasteiger partial charge in [-0.05, 0) is 29.8 Å². The predicted molar refractivity (Wildman–Crippen MR) is 106 cm³/mol. The summed E-state index contributed by atoms with van der Waals surface area (Å²) >= 11 is 0. The van der Waals surface area contributed by atoms with Crippen molar-refractivity contribution in [2.24, 2.45) is 0 Å². The molecule has 1 amide bonds. The summed E-state index contributed by atoms with van der Waals surface area (Å²) in [6.45, 7) is 0.466. The summed E-state index contributed by atoms with van der Waals surface area (Å²) < 4.78 is 11.3. The highest BCUT2D eigenvalue weighted by molar-refractivity contribution is 6.07. The number of ether oxygens (including phenoxy) is 2. The van der Waals surface area contributed by atoms with Gasteiger partial charge in [-0.25, -0.2) is 4.79 Å². The lowest BCUT2D eigenvalue weighted by molar-refractivity contribution is 0.0977. The molecule has 0 aliphatic carbocycles. The lowest BCUT2D eigenvalue weighted by Crippen LogP contribution is -2.37. The molecule has 0 atom stereocenters. The Morgan fingerprint density at radius 2 is 1.61 bits per heavy atom. The minimum Gasteiger partial charge on any atom is -0.457 e. The number of hydrogen-bond acceptors (Lipinski definition) is 4. The van der Waals surface area contributed by atoms with Crippen LogP contribution in [0, 0.1) is 0 Å². The molecule has 1 aliphatic rings. The number of carbonyl (C=O) groups excluding carboxylic acids is 2. The molecule has 0 saturated heterocycles. The highest BCUT2D eigenvalue weighted by Crippen LogP contribution is 2.33. The number of amides is 1. The van der Waals surface area contributed by atoms with Crippen LogP contribution in [-0.4, -0.2) is 18.4 Å². The van der Waals surface area contributed by atoms with Crippen LogP contribution >= 0.6 is 0 Å². The molecule has 5 nitrogen and oxygen atoms in total. The van der Waals surface area contributed by atoms with Gasteiger partial charge in [-0.3, -0.25) is 9.69 Å². The Bertz CT molecular complexity index is 986. The lowest BCUT2D eigenvalue weighted by atomic mass is 10.0. The Morgan fingerprint density at radius 3 is 2.36 bits per heavy atom. The van der Waals surface area contributed by atoms with Gasteiger partial charge < -0.3 is 9.47 Å². The van der Waals surface area contributed by atoms with Crippen molar-refractivity contribution >= 4 is 17.6 Å². The molecule has 0 spiro atoms. The number of fused-ring (bicyclic) bond motifs is 1. The first-order valence-corrected chi connectivity index (χ1v) is 9.09. The number of rotatable bonds is 4. The zero-order chi connectivity index (χ0) is 19.3. The summed E-state index contributed by atoms with van der Waals surface area (Å²) in [5, 5.41) is 0. The van der Waals surface area contributed by atoms with Crippen molar-refractivity contribution in [3.05, 3.63) is 90.0 Å². The fourth-order valence-corrected chi connectivity index (χ4v) is 3.11. The molecule has 0 saturated carbocycles. The highest BCUT2D eigenvalue weighted by atomic mass is 16.6. The summed E-state index contributed by atoms with van der Waals surface area (Å²) in [7, 11) is 0. The number of hydrogen-bond donors (Lipinski definition) is 0. The van der Waals surface area contributed by atoms with Crippen molar-refractivity contribution in [1.82, 2.24) is 0 Å². The molecule has 4 rings (SSSR count). The van der Waals surface area contributed by atoms with Gasteiger partial charge in [-0.1, -0.05) is 48.5 Å². The van der Waals surface area contributed by atoms with Crippen molar-refractivity contribution < 1.29 is 19.1 Å². The molecule has 1 heterocycles. The topological polar surface area (TPSA) is 55.8 Å². The monoisotopic (exact) mass is 373 g/mol. The van der Waals surface area contributed by atoms with Crippen molar-refractivity contribution in [3.8, 4) is 11.5 Å². The summed E-state index contributed by atoms with van der Waals surface area (Å²) in [6.07, 6.45) is -0.207. The van der Waals surface area contributed by atoms with Crippen molar-refractivity contribution in [2.75, 3.05) is 11.4 Å². The first-order chi connectivity index (χ1) is 13.7. The van der Waals surface area contributed by atoms with E-state index in [1.54, 1.807) is 18.2 Å². The molecule has 28 heavy (non-hydrogen) atoms. The van der Waals surface area contributed by atoms with Gasteiger partial charge in [0.2, 0.25) is 0 Å². The van der Waals surface area contributed by atoms with Crippen molar-refractivity contribution in [2.45, 2.75) is 13.0 Å². The minimum atomic E-state index is -0.477. The lowest BCUT2D eigenvalue weighted by Gasteiger charge is -2.28. The second kappa shape index (κ2) is 7.96. The van der Waals surface area contributed by atoms with E-state index in [4.69, 9.17) is 9.47 Å². The van der Waals surface area contributed by atoms with Gasteiger partial charge in [0.15, 0.2) is 5.78 Å². The number of para-hydroxylation sites is 1. The molecule has 0 aromatic heterocycles. The van der Waals surface area contributed by atoms with Crippen LogP contribution in [0.4, 0.5) is 10.5 Å². The van der Waals surface area contributed by atoms with Crippen LogP contribution < -0.4 is 9.64 Å². The molecular weight excluding hydrogens is 354 g/mol. The second-order valence-electron chi connectivity index (χ2n) is 6.46. The Morgan fingerprint density at radius 1 is 0.893 bits per heavy atom. The molecule has 3 aromatic rings. The summed E-state index contributed by atoms with van der Waals surface area (Å²) in [4.78, 5) is 26.4. The third kappa shape index (κ3) is 3.88. The fourth-order valence-electron chi connectivity index (χ4n) is 3.11. The largest absolute Gasteiger partial charge is 0.457 e. The molecular formula is C23H19NO4. The highest BCUT2D eigenvalue weighted by Gasteiger charge is 2.29. The second-order valence-corrected chi connectivity index (χ2v) is 6.46. The third-order valence-corrected chi connectivity index (χ3v) is 4.53. The minimum absolute atomic E-state index is 0.00775. The van der Waals surface area contributed by atoms with Gasteiger partial charge in [0, 0.05) is 24.6 Å². The summed E-state index contributed by atoms with van der Waals surface area (Å²) in [5.74, 6) is 1.25. The van der Waals surface area contributed by atoms with Gasteiger partial charge in [0.1, 0.15) is 18.1 Å². The number of benzene rings is 3. The molecule has 5 heteroatoms. The smallest absolute Gasteiger partial charge is 0.414 e. The average molecular weight is 373 g/mol. The van der Waals surface area contributed by atoms with E-state index in [-0.39, 0.29) is 25.4 Å². The molecule has 140 valence electrons. The quantitative estimate of drug-likeness (QED) is 0.630. The fraction of sp³-hybridized carbons (Fsp3) is 0.130. The van der Waals surface area contributed by atoms with Crippen LogP contribution in [0.5, 0.6) is 11.5 Å². The molecule has 0 unspecified atom stereocenters. The van der Waals surface area contributed by atoms with Crippen LogP contribution in [0.3, 0.4) is 0 Å². The summed E-state index contributed by atoms with van der Waals surface area (Å²) in [5.41, 5.74) is 1.93. The Labute approximate surface area is 163 Å². The van der Waals surface area contributed by atoms with Crippen LogP contribution in [0.25, 0.3) is 0 Å². The molecule has 3 aromatic carbocycles.